The first kappa shape index (κ1) is 18.8. The van der Waals surface area contributed by atoms with Crippen molar-refractivity contribution >= 4 is 22.9 Å². The number of carbonyl (C=O) groups is 2. The van der Waals surface area contributed by atoms with Crippen LogP contribution in [0.25, 0.3) is 10.9 Å². The Balaban J connectivity index is 1.40. The Morgan fingerprint density at radius 3 is 2.61 bits per heavy atom. The highest BCUT2D eigenvalue weighted by atomic mass is 16.4. The number of para-hydroxylation sites is 1. The van der Waals surface area contributed by atoms with Crippen LogP contribution in [0, 0.1) is 5.92 Å². The number of urea groups is 1. The lowest BCUT2D eigenvalue weighted by Crippen LogP contribution is -2.55. The molecule has 0 bridgehead atoms. The second-order valence-corrected chi connectivity index (χ2v) is 8.07. The summed E-state index contributed by atoms with van der Waals surface area (Å²) < 4.78 is 0. The fraction of sp³-hybridized carbons (Fsp3) is 0.524. The molecule has 2 amide bonds. The monoisotopic (exact) mass is 384 g/mol. The van der Waals surface area contributed by atoms with Crippen molar-refractivity contribution in [1.82, 2.24) is 20.1 Å². The molecule has 2 aliphatic rings. The van der Waals surface area contributed by atoms with Gasteiger partial charge in [0.15, 0.2) is 0 Å². The van der Waals surface area contributed by atoms with Crippen molar-refractivity contribution < 1.29 is 14.7 Å². The van der Waals surface area contributed by atoms with Crippen LogP contribution in [0.15, 0.2) is 30.5 Å². The number of hydrogen-bond donors (Lipinski definition) is 3. The number of aromatic nitrogens is 1. The fourth-order valence-electron chi connectivity index (χ4n) is 4.07. The number of nitrogens with zero attached hydrogens (tertiary/aromatic N) is 2. The Hall–Kier alpha value is -2.54. The largest absolute Gasteiger partial charge is 0.480 e. The van der Waals surface area contributed by atoms with Crippen molar-refractivity contribution in [3.05, 3.63) is 36.0 Å². The van der Waals surface area contributed by atoms with Gasteiger partial charge >= 0.3 is 12.0 Å². The minimum atomic E-state index is -1.02. The number of carboxylic acids is 1. The standard InChI is InChI=1S/C21H28N4O3/c1-14(17-12-22-18-5-3-2-4-16(17)18)19(20(26)27)23-21(28)25-10-8-24(9-11-25)13-15-6-7-15/h2-5,12,14-15,19,22H,6-11,13H2,1H3,(H,23,28)(H,26,27)/t14-,19+/m0/s1. The highest BCUT2D eigenvalue weighted by Gasteiger charge is 2.32. The summed E-state index contributed by atoms with van der Waals surface area (Å²) in [5.41, 5.74) is 1.86. The van der Waals surface area contributed by atoms with Crippen LogP contribution in [-0.4, -0.2) is 70.7 Å². The molecule has 1 saturated heterocycles. The number of aliphatic carboxylic acids is 1. The smallest absolute Gasteiger partial charge is 0.326 e. The summed E-state index contributed by atoms with van der Waals surface area (Å²) in [7, 11) is 0. The van der Waals surface area contributed by atoms with E-state index in [-0.39, 0.29) is 11.9 Å². The van der Waals surface area contributed by atoms with Gasteiger partial charge in [0.1, 0.15) is 6.04 Å². The molecular formula is C21H28N4O3. The molecule has 1 aliphatic heterocycles. The summed E-state index contributed by atoms with van der Waals surface area (Å²) in [5.74, 6) is -0.527. The fourth-order valence-corrected chi connectivity index (χ4v) is 4.07. The van der Waals surface area contributed by atoms with E-state index in [1.807, 2.05) is 37.4 Å². The number of amides is 2. The van der Waals surface area contributed by atoms with Gasteiger partial charge in [-0.1, -0.05) is 25.1 Å². The molecule has 0 spiro atoms. The van der Waals surface area contributed by atoms with Gasteiger partial charge in [-0.3, -0.25) is 4.90 Å². The number of benzene rings is 1. The molecule has 1 aliphatic carbocycles. The van der Waals surface area contributed by atoms with Gasteiger partial charge in [-0.25, -0.2) is 9.59 Å². The molecule has 2 aromatic rings. The Morgan fingerprint density at radius 1 is 1.21 bits per heavy atom. The van der Waals surface area contributed by atoms with E-state index in [4.69, 9.17) is 0 Å². The molecule has 150 valence electrons. The predicted octanol–water partition coefficient (Wildman–Crippen LogP) is 2.46. The predicted molar refractivity (Wildman–Crippen MR) is 107 cm³/mol. The first-order valence-corrected chi connectivity index (χ1v) is 10.1. The van der Waals surface area contributed by atoms with Gasteiger partial charge in [-0.2, -0.15) is 0 Å². The van der Waals surface area contributed by atoms with E-state index in [1.165, 1.54) is 12.8 Å². The van der Waals surface area contributed by atoms with Crippen molar-refractivity contribution in [3.8, 4) is 0 Å². The number of hydrogen-bond acceptors (Lipinski definition) is 3. The van der Waals surface area contributed by atoms with Crippen molar-refractivity contribution in [2.75, 3.05) is 32.7 Å². The Kier molecular flexibility index (Phi) is 5.26. The number of fused-ring (bicyclic) bond motifs is 1. The second kappa shape index (κ2) is 7.83. The van der Waals surface area contributed by atoms with Gasteiger partial charge in [0, 0.05) is 55.7 Å². The van der Waals surface area contributed by atoms with Crippen LogP contribution >= 0.6 is 0 Å². The third kappa shape index (κ3) is 3.99. The highest BCUT2D eigenvalue weighted by molar-refractivity contribution is 5.87. The minimum absolute atomic E-state index is 0.287. The zero-order valence-electron chi connectivity index (χ0n) is 16.2. The van der Waals surface area contributed by atoms with Crippen molar-refractivity contribution in [3.63, 3.8) is 0 Å². The van der Waals surface area contributed by atoms with Gasteiger partial charge in [0.2, 0.25) is 0 Å². The molecule has 1 saturated carbocycles. The van der Waals surface area contributed by atoms with Gasteiger partial charge in [-0.15, -0.1) is 0 Å². The molecule has 0 radical (unpaired) electrons. The van der Waals surface area contributed by atoms with Gasteiger partial charge < -0.3 is 20.3 Å². The Morgan fingerprint density at radius 2 is 1.93 bits per heavy atom. The topological polar surface area (TPSA) is 88.7 Å². The Labute approximate surface area is 164 Å². The first-order valence-electron chi connectivity index (χ1n) is 10.1. The van der Waals surface area contributed by atoms with Gasteiger partial charge in [0.25, 0.3) is 0 Å². The molecule has 0 unspecified atom stereocenters. The number of carbonyl (C=O) groups excluding carboxylic acids is 1. The molecule has 7 heteroatoms. The van der Waals surface area contributed by atoms with Crippen molar-refractivity contribution in [2.24, 2.45) is 5.92 Å². The average Bonchev–Trinajstić information content (AvgIpc) is 3.40. The number of aromatic amines is 1. The number of nitrogens with one attached hydrogen (secondary N) is 2. The maximum absolute atomic E-state index is 12.7. The zero-order valence-corrected chi connectivity index (χ0v) is 16.2. The number of carboxylic acid groups (broad SMARTS) is 1. The molecule has 2 fully saturated rings. The van der Waals surface area contributed by atoms with Crippen LogP contribution in [0.2, 0.25) is 0 Å². The van der Waals surface area contributed by atoms with Crippen LogP contribution in [0.1, 0.15) is 31.2 Å². The third-order valence-corrected chi connectivity index (χ3v) is 6.03. The van der Waals surface area contributed by atoms with Crippen molar-refractivity contribution in [1.29, 1.82) is 0 Å². The van der Waals surface area contributed by atoms with E-state index in [9.17, 15) is 14.7 Å². The lowest BCUT2D eigenvalue weighted by Gasteiger charge is -2.35. The van der Waals surface area contributed by atoms with Gasteiger partial charge in [-0.05, 0) is 30.4 Å². The molecular weight excluding hydrogens is 356 g/mol. The summed E-state index contributed by atoms with van der Waals surface area (Å²) >= 11 is 0. The lowest BCUT2D eigenvalue weighted by atomic mass is 9.93. The average molecular weight is 384 g/mol. The van der Waals surface area contributed by atoms with E-state index < -0.39 is 12.0 Å². The molecule has 4 rings (SSSR count). The SMILES string of the molecule is C[C@@H](c1c[nH]c2ccccc12)[C@@H](NC(=O)N1CCN(CC2CC2)CC1)C(=O)O. The quantitative estimate of drug-likeness (QED) is 0.714. The summed E-state index contributed by atoms with van der Waals surface area (Å²) in [6.45, 7) is 5.99. The maximum Gasteiger partial charge on any atom is 0.326 e. The minimum Gasteiger partial charge on any atom is -0.480 e. The number of H-pyrrole nitrogens is 1. The second-order valence-electron chi connectivity index (χ2n) is 8.07. The van der Waals surface area contributed by atoms with E-state index in [2.05, 4.69) is 15.2 Å². The molecule has 28 heavy (non-hydrogen) atoms. The molecule has 2 atom stereocenters. The normalized spacial score (nSPS) is 20.1. The summed E-state index contributed by atoms with van der Waals surface area (Å²) in [4.78, 5) is 32.0. The van der Waals surface area contributed by atoms with E-state index >= 15 is 0 Å². The third-order valence-electron chi connectivity index (χ3n) is 6.03. The van der Waals surface area contributed by atoms with Crippen LogP contribution < -0.4 is 5.32 Å². The lowest BCUT2D eigenvalue weighted by molar-refractivity contribution is -0.139. The van der Waals surface area contributed by atoms with Crippen LogP contribution in [0.4, 0.5) is 4.79 Å². The van der Waals surface area contributed by atoms with E-state index in [0.717, 1.165) is 42.0 Å². The maximum atomic E-state index is 12.7. The van der Waals surface area contributed by atoms with E-state index in [0.29, 0.717) is 13.1 Å². The number of rotatable bonds is 6. The summed E-state index contributed by atoms with van der Waals surface area (Å²) in [6.07, 6.45) is 4.49. The molecule has 2 heterocycles. The van der Waals surface area contributed by atoms with Crippen LogP contribution in [0.3, 0.4) is 0 Å². The van der Waals surface area contributed by atoms with E-state index in [1.54, 1.807) is 4.90 Å². The van der Waals surface area contributed by atoms with Gasteiger partial charge in [0.05, 0.1) is 0 Å². The van der Waals surface area contributed by atoms with Crippen LogP contribution in [0.5, 0.6) is 0 Å². The summed E-state index contributed by atoms with van der Waals surface area (Å²) in [6, 6.07) is 6.54. The first-order chi connectivity index (χ1) is 13.5. The number of piperazine rings is 1. The Bertz CT molecular complexity index is 852. The molecule has 1 aromatic carbocycles. The van der Waals surface area contributed by atoms with Crippen molar-refractivity contribution in [2.45, 2.75) is 31.7 Å². The molecule has 1 aromatic heterocycles. The molecule has 3 N–H and O–H groups in total. The molecule has 7 nitrogen and oxygen atoms in total. The summed E-state index contributed by atoms with van der Waals surface area (Å²) in [5, 5.41) is 13.5. The highest BCUT2D eigenvalue weighted by Crippen LogP contribution is 2.30. The van der Waals surface area contributed by atoms with Crippen LogP contribution in [-0.2, 0) is 4.79 Å². The zero-order chi connectivity index (χ0) is 19.7.